The van der Waals surface area contributed by atoms with Crippen LogP contribution in [0.4, 0.5) is 0 Å². The summed E-state index contributed by atoms with van der Waals surface area (Å²) in [5.74, 6) is -0.971. The van der Waals surface area contributed by atoms with Crippen molar-refractivity contribution in [3.8, 4) is 0 Å². The van der Waals surface area contributed by atoms with Crippen LogP contribution < -0.4 is 0 Å². The lowest BCUT2D eigenvalue weighted by atomic mass is 10.2. The smallest absolute Gasteiger partial charge is 0.335 e. The van der Waals surface area contributed by atoms with E-state index in [1.165, 1.54) is 23.9 Å². The van der Waals surface area contributed by atoms with E-state index in [9.17, 15) is 4.79 Å². The van der Waals surface area contributed by atoms with E-state index >= 15 is 0 Å². The van der Waals surface area contributed by atoms with Crippen molar-refractivity contribution in [2.75, 3.05) is 0 Å². The molecule has 98 valence electrons. The molecule has 6 heteroatoms. The van der Waals surface area contributed by atoms with E-state index in [4.69, 9.17) is 28.3 Å². The highest BCUT2D eigenvalue weighted by Gasteiger charge is 2.08. The maximum Gasteiger partial charge on any atom is 0.335 e. The predicted molar refractivity (Wildman–Crippen MR) is 76.5 cm³/mol. The highest BCUT2D eigenvalue weighted by Crippen LogP contribution is 2.32. The molecule has 0 amide bonds. The Kier molecular flexibility index (Phi) is 4.34. The number of aromatic carboxylic acids is 1. The van der Waals surface area contributed by atoms with E-state index in [0.717, 1.165) is 4.90 Å². The van der Waals surface area contributed by atoms with Gasteiger partial charge >= 0.3 is 5.97 Å². The van der Waals surface area contributed by atoms with E-state index < -0.39 is 5.97 Å². The molecule has 0 aliphatic rings. The van der Waals surface area contributed by atoms with Crippen molar-refractivity contribution in [3.63, 3.8) is 0 Å². The van der Waals surface area contributed by atoms with Crippen molar-refractivity contribution >= 4 is 40.9 Å². The molecule has 0 fully saturated rings. The molecule has 1 N–H and O–H groups in total. The summed E-state index contributed by atoms with van der Waals surface area (Å²) >= 11 is 13.1. The zero-order chi connectivity index (χ0) is 14.0. The maximum absolute atomic E-state index is 11.0. The van der Waals surface area contributed by atoms with Gasteiger partial charge in [-0.05, 0) is 37.3 Å². The molecule has 3 nitrogen and oxygen atoms in total. The van der Waals surface area contributed by atoms with Gasteiger partial charge in [0.2, 0.25) is 0 Å². The summed E-state index contributed by atoms with van der Waals surface area (Å²) in [6.45, 7) is 1.76. The molecule has 0 aliphatic carbocycles. The summed E-state index contributed by atoms with van der Waals surface area (Å²) in [6.07, 6.45) is 0. The van der Waals surface area contributed by atoms with E-state index in [0.29, 0.717) is 20.8 Å². The summed E-state index contributed by atoms with van der Waals surface area (Å²) in [4.78, 5) is 16.1. The zero-order valence-electron chi connectivity index (χ0n) is 9.85. The van der Waals surface area contributed by atoms with Crippen molar-refractivity contribution in [1.29, 1.82) is 0 Å². The Morgan fingerprint density at radius 3 is 2.58 bits per heavy atom. The summed E-state index contributed by atoms with van der Waals surface area (Å²) < 4.78 is 0. The van der Waals surface area contributed by atoms with Gasteiger partial charge in [-0.1, -0.05) is 35.0 Å². The third-order valence-corrected chi connectivity index (χ3v) is 3.94. The number of hydrogen-bond acceptors (Lipinski definition) is 3. The number of hydrogen-bond donors (Lipinski definition) is 1. The Labute approximate surface area is 124 Å². The van der Waals surface area contributed by atoms with E-state index in [2.05, 4.69) is 4.98 Å². The van der Waals surface area contributed by atoms with E-state index in [-0.39, 0.29) is 5.56 Å². The number of nitrogens with zero attached hydrogens (tertiary/aromatic N) is 1. The van der Waals surface area contributed by atoms with Gasteiger partial charge in [-0.25, -0.2) is 9.78 Å². The van der Waals surface area contributed by atoms with Gasteiger partial charge in [0, 0.05) is 10.6 Å². The number of carboxylic acid groups (broad SMARTS) is 1. The number of halogens is 2. The quantitative estimate of drug-likeness (QED) is 0.903. The van der Waals surface area contributed by atoms with Gasteiger partial charge < -0.3 is 5.11 Å². The van der Waals surface area contributed by atoms with Crippen molar-refractivity contribution in [3.05, 3.63) is 51.6 Å². The molecule has 1 aromatic heterocycles. The van der Waals surface area contributed by atoms with Crippen LogP contribution in [0.5, 0.6) is 0 Å². The first-order chi connectivity index (χ1) is 8.95. The highest BCUT2D eigenvalue weighted by molar-refractivity contribution is 7.99. The van der Waals surface area contributed by atoms with E-state index in [1.807, 2.05) is 6.07 Å². The number of aryl methyl sites for hydroxylation is 1. The SMILES string of the molecule is Cc1cc(C(=O)O)cc(Sc2ccc(Cl)c(Cl)c2)n1. The first-order valence-corrected chi connectivity index (χ1v) is 6.88. The monoisotopic (exact) mass is 313 g/mol. The molecule has 2 aromatic rings. The van der Waals surface area contributed by atoms with Crippen molar-refractivity contribution in [1.82, 2.24) is 4.98 Å². The molecule has 0 saturated carbocycles. The summed E-state index contributed by atoms with van der Waals surface area (Å²) in [5, 5.41) is 10.5. The third-order valence-electron chi connectivity index (χ3n) is 2.29. The molecule has 0 atom stereocenters. The lowest BCUT2D eigenvalue weighted by Crippen LogP contribution is -1.98. The lowest BCUT2D eigenvalue weighted by Gasteiger charge is -2.05. The molecule has 1 aromatic carbocycles. The number of aromatic nitrogens is 1. The lowest BCUT2D eigenvalue weighted by molar-refractivity contribution is 0.0696. The molecule has 2 rings (SSSR count). The van der Waals surface area contributed by atoms with Crippen LogP contribution in [0.3, 0.4) is 0 Å². The second-order valence-corrected chi connectivity index (χ2v) is 5.73. The minimum atomic E-state index is -0.971. The first-order valence-electron chi connectivity index (χ1n) is 5.30. The molecule has 0 radical (unpaired) electrons. The largest absolute Gasteiger partial charge is 0.478 e. The molecule has 1 heterocycles. The van der Waals surface area contributed by atoms with Gasteiger partial charge in [0.15, 0.2) is 0 Å². The van der Waals surface area contributed by atoms with Crippen LogP contribution >= 0.6 is 35.0 Å². The topological polar surface area (TPSA) is 50.2 Å². The maximum atomic E-state index is 11.0. The van der Waals surface area contributed by atoms with Crippen LogP contribution in [0, 0.1) is 6.92 Å². The summed E-state index contributed by atoms with van der Waals surface area (Å²) in [5.41, 5.74) is 0.873. The fourth-order valence-corrected chi connectivity index (χ4v) is 2.77. The van der Waals surface area contributed by atoms with Crippen molar-refractivity contribution < 1.29 is 9.90 Å². The number of carboxylic acids is 1. The van der Waals surface area contributed by atoms with Crippen molar-refractivity contribution in [2.24, 2.45) is 0 Å². The Morgan fingerprint density at radius 1 is 1.21 bits per heavy atom. The number of rotatable bonds is 3. The molecule has 0 bridgehead atoms. The Balaban J connectivity index is 2.32. The Morgan fingerprint density at radius 2 is 1.95 bits per heavy atom. The molecule has 0 aliphatic heterocycles. The Hall–Kier alpha value is -1.23. The molecular weight excluding hydrogens is 305 g/mol. The van der Waals surface area contributed by atoms with Gasteiger partial charge in [-0.15, -0.1) is 0 Å². The van der Waals surface area contributed by atoms with Crippen LogP contribution in [0.25, 0.3) is 0 Å². The van der Waals surface area contributed by atoms with E-state index in [1.54, 1.807) is 19.1 Å². The summed E-state index contributed by atoms with van der Waals surface area (Å²) in [6, 6.07) is 8.28. The fourth-order valence-electron chi connectivity index (χ4n) is 1.47. The highest BCUT2D eigenvalue weighted by atomic mass is 35.5. The van der Waals surface area contributed by atoms with Gasteiger partial charge in [0.05, 0.1) is 15.6 Å². The van der Waals surface area contributed by atoms with Gasteiger partial charge in [0.1, 0.15) is 5.03 Å². The molecule has 19 heavy (non-hydrogen) atoms. The third kappa shape index (κ3) is 3.62. The predicted octanol–water partition coefficient (Wildman–Crippen LogP) is 4.55. The minimum Gasteiger partial charge on any atom is -0.478 e. The van der Waals surface area contributed by atoms with Crippen LogP contribution in [-0.2, 0) is 0 Å². The zero-order valence-corrected chi connectivity index (χ0v) is 12.2. The Bertz CT molecular complexity index is 647. The summed E-state index contributed by atoms with van der Waals surface area (Å²) in [7, 11) is 0. The number of benzene rings is 1. The van der Waals surface area contributed by atoms with Crippen LogP contribution in [0.1, 0.15) is 16.1 Å². The molecule has 0 unspecified atom stereocenters. The van der Waals surface area contributed by atoms with Gasteiger partial charge in [0.25, 0.3) is 0 Å². The van der Waals surface area contributed by atoms with Crippen molar-refractivity contribution in [2.45, 2.75) is 16.8 Å². The first kappa shape index (κ1) is 14.2. The van der Waals surface area contributed by atoms with Crippen LogP contribution in [0.2, 0.25) is 10.0 Å². The number of carbonyl (C=O) groups is 1. The molecule has 0 saturated heterocycles. The second-order valence-electron chi connectivity index (χ2n) is 3.82. The fraction of sp³-hybridized carbons (Fsp3) is 0.0769. The van der Waals surface area contributed by atoms with Gasteiger partial charge in [-0.2, -0.15) is 0 Å². The number of pyridine rings is 1. The second kappa shape index (κ2) is 5.82. The van der Waals surface area contributed by atoms with Crippen LogP contribution in [-0.4, -0.2) is 16.1 Å². The van der Waals surface area contributed by atoms with Gasteiger partial charge in [-0.3, -0.25) is 0 Å². The molecule has 0 spiro atoms. The minimum absolute atomic E-state index is 0.218. The van der Waals surface area contributed by atoms with Crippen LogP contribution in [0.15, 0.2) is 40.3 Å². The standard InChI is InChI=1S/C13H9Cl2NO2S/c1-7-4-8(13(17)18)5-12(16-7)19-9-2-3-10(14)11(15)6-9/h2-6H,1H3,(H,17,18). The normalized spacial score (nSPS) is 10.5. The average molecular weight is 314 g/mol. The molecular formula is C13H9Cl2NO2S. The average Bonchev–Trinajstić information content (AvgIpc) is 2.33.